The van der Waals surface area contributed by atoms with Gasteiger partial charge >= 0.3 is 6.03 Å². The molecule has 0 saturated heterocycles. The highest BCUT2D eigenvalue weighted by molar-refractivity contribution is 9.10. The Labute approximate surface area is 169 Å². The largest absolute Gasteiger partial charge is 0.325 e. The molecule has 2 aromatic carbocycles. The molecule has 0 bridgehead atoms. The summed E-state index contributed by atoms with van der Waals surface area (Å²) in [4.78, 5) is 44.8. The number of nitrogens with one attached hydrogen (secondary N) is 3. The van der Waals surface area contributed by atoms with Crippen LogP contribution in [0.25, 0.3) is 10.9 Å². The third kappa shape index (κ3) is 5.24. The Morgan fingerprint density at radius 1 is 1.14 bits per heavy atom. The number of hydrogen-bond donors (Lipinski definition) is 3. The molecule has 0 aliphatic rings. The van der Waals surface area contributed by atoms with Gasteiger partial charge in [0.1, 0.15) is 5.82 Å². The molecule has 0 aliphatic carbocycles. The van der Waals surface area contributed by atoms with Crippen LogP contribution in [-0.2, 0) is 11.3 Å². The third-order valence-corrected chi connectivity index (χ3v) is 4.38. The zero-order valence-corrected chi connectivity index (χ0v) is 16.6. The predicted octanol–water partition coefficient (Wildman–Crippen LogP) is 2.47. The second kappa shape index (κ2) is 8.77. The lowest BCUT2D eigenvalue weighted by molar-refractivity contribution is -0.120. The number of urea groups is 1. The summed E-state index contributed by atoms with van der Waals surface area (Å²) in [7, 11) is 1.70. The summed E-state index contributed by atoms with van der Waals surface area (Å²) in [5.74, 6) is -0.0291. The molecule has 3 N–H and O–H groups in total. The van der Waals surface area contributed by atoms with E-state index in [9.17, 15) is 14.4 Å². The molecule has 1 aromatic heterocycles. The molecule has 3 rings (SSSR count). The number of likely N-dealkylation sites (N-methyl/N-ethyl adjacent to an activating group) is 1. The number of imide groups is 1. The van der Waals surface area contributed by atoms with Crippen molar-refractivity contribution in [2.75, 3.05) is 18.9 Å². The highest BCUT2D eigenvalue weighted by Gasteiger charge is 2.12. The van der Waals surface area contributed by atoms with Gasteiger partial charge < -0.3 is 10.3 Å². The zero-order valence-electron chi connectivity index (χ0n) is 15.0. The smallest absolute Gasteiger partial charge is 0.309 e. The fraction of sp³-hybridized carbons (Fsp3) is 0.158. The molecule has 0 aliphatic heterocycles. The number of aromatic nitrogens is 2. The first-order valence-corrected chi connectivity index (χ1v) is 9.23. The van der Waals surface area contributed by atoms with Crippen molar-refractivity contribution in [3.05, 3.63) is 69.2 Å². The van der Waals surface area contributed by atoms with E-state index in [1.165, 1.54) is 0 Å². The van der Waals surface area contributed by atoms with Crippen molar-refractivity contribution in [2.45, 2.75) is 6.54 Å². The van der Waals surface area contributed by atoms with Crippen LogP contribution in [0.3, 0.4) is 0 Å². The van der Waals surface area contributed by atoms with Gasteiger partial charge in [-0.3, -0.25) is 19.8 Å². The van der Waals surface area contributed by atoms with Gasteiger partial charge in [-0.25, -0.2) is 9.78 Å². The van der Waals surface area contributed by atoms with E-state index in [0.29, 0.717) is 22.4 Å². The number of carbonyl (C=O) groups excluding carboxylic acids is 2. The molecule has 0 atom stereocenters. The van der Waals surface area contributed by atoms with Gasteiger partial charge in [-0.1, -0.05) is 28.1 Å². The number of rotatable bonds is 5. The predicted molar refractivity (Wildman–Crippen MR) is 110 cm³/mol. The minimum atomic E-state index is -0.613. The van der Waals surface area contributed by atoms with Crippen molar-refractivity contribution >= 4 is 44.5 Å². The number of anilines is 1. The number of halogens is 1. The molecule has 9 heteroatoms. The SMILES string of the molecule is CN(CC(=O)NC(=O)Nc1ccc(Br)cc1)Cc1nc2ccccc2c(=O)[nH]1. The number of nitrogens with zero attached hydrogens (tertiary/aromatic N) is 2. The maximum absolute atomic E-state index is 12.1. The molecule has 1 heterocycles. The van der Waals surface area contributed by atoms with E-state index in [1.54, 1.807) is 60.5 Å². The fourth-order valence-electron chi connectivity index (χ4n) is 2.63. The summed E-state index contributed by atoms with van der Waals surface area (Å²) in [5.41, 5.74) is 0.931. The number of hydrogen-bond acceptors (Lipinski definition) is 5. The highest BCUT2D eigenvalue weighted by atomic mass is 79.9. The van der Waals surface area contributed by atoms with Crippen molar-refractivity contribution < 1.29 is 9.59 Å². The Morgan fingerprint density at radius 2 is 1.86 bits per heavy atom. The van der Waals surface area contributed by atoms with Crippen molar-refractivity contribution in [3.63, 3.8) is 0 Å². The number of aromatic amines is 1. The molecule has 0 saturated carbocycles. The summed E-state index contributed by atoms with van der Waals surface area (Å²) in [6, 6.07) is 13.4. The topological polar surface area (TPSA) is 107 Å². The summed E-state index contributed by atoms with van der Waals surface area (Å²) in [6.45, 7) is 0.214. The van der Waals surface area contributed by atoms with Crippen LogP contribution in [0.2, 0.25) is 0 Å². The van der Waals surface area contributed by atoms with E-state index >= 15 is 0 Å². The molecule has 8 nitrogen and oxygen atoms in total. The van der Waals surface area contributed by atoms with Crippen LogP contribution >= 0.6 is 15.9 Å². The molecule has 28 heavy (non-hydrogen) atoms. The van der Waals surface area contributed by atoms with Gasteiger partial charge in [-0.15, -0.1) is 0 Å². The van der Waals surface area contributed by atoms with Crippen LogP contribution in [0.5, 0.6) is 0 Å². The average molecular weight is 444 g/mol. The molecule has 0 radical (unpaired) electrons. The first kappa shape index (κ1) is 19.7. The number of amides is 3. The van der Waals surface area contributed by atoms with Crippen molar-refractivity contribution in [1.29, 1.82) is 0 Å². The molecule has 0 spiro atoms. The Bertz CT molecular complexity index is 1070. The quantitative estimate of drug-likeness (QED) is 0.561. The van der Waals surface area contributed by atoms with Crippen LogP contribution in [0.1, 0.15) is 5.82 Å². The molecule has 3 aromatic rings. The summed E-state index contributed by atoms with van der Waals surface area (Å²) in [6.07, 6.45) is 0. The Morgan fingerprint density at radius 3 is 2.61 bits per heavy atom. The zero-order chi connectivity index (χ0) is 20.1. The van der Waals surface area contributed by atoms with Gasteiger partial charge in [0.2, 0.25) is 5.91 Å². The maximum Gasteiger partial charge on any atom is 0.325 e. The first-order chi connectivity index (χ1) is 13.4. The fourth-order valence-corrected chi connectivity index (χ4v) is 2.89. The van der Waals surface area contributed by atoms with E-state index in [4.69, 9.17) is 0 Å². The van der Waals surface area contributed by atoms with Gasteiger partial charge in [0.15, 0.2) is 0 Å². The first-order valence-electron chi connectivity index (χ1n) is 8.43. The summed E-state index contributed by atoms with van der Waals surface area (Å²) < 4.78 is 0.886. The van der Waals surface area contributed by atoms with Crippen molar-refractivity contribution in [3.8, 4) is 0 Å². The molecule has 0 unspecified atom stereocenters. The van der Waals surface area contributed by atoms with Gasteiger partial charge in [0, 0.05) is 10.2 Å². The minimum Gasteiger partial charge on any atom is -0.309 e. The molecule has 0 fully saturated rings. The number of para-hydroxylation sites is 1. The van der Waals surface area contributed by atoms with E-state index < -0.39 is 11.9 Å². The normalized spacial score (nSPS) is 10.8. The molecular formula is C19H18BrN5O3. The van der Waals surface area contributed by atoms with Gasteiger partial charge in [-0.05, 0) is 43.4 Å². The summed E-state index contributed by atoms with van der Waals surface area (Å²) in [5, 5.41) is 5.36. The van der Waals surface area contributed by atoms with Crippen molar-refractivity contribution in [2.24, 2.45) is 0 Å². The van der Waals surface area contributed by atoms with Crippen LogP contribution < -0.4 is 16.2 Å². The van der Waals surface area contributed by atoms with Crippen LogP contribution in [-0.4, -0.2) is 40.4 Å². The van der Waals surface area contributed by atoms with Gasteiger partial charge in [0.25, 0.3) is 5.56 Å². The molecular weight excluding hydrogens is 426 g/mol. The van der Waals surface area contributed by atoms with Crippen LogP contribution in [0.4, 0.5) is 10.5 Å². The second-order valence-electron chi connectivity index (χ2n) is 6.21. The monoisotopic (exact) mass is 443 g/mol. The second-order valence-corrected chi connectivity index (χ2v) is 7.13. The Balaban J connectivity index is 1.54. The van der Waals surface area contributed by atoms with E-state index in [0.717, 1.165) is 4.47 Å². The number of carbonyl (C=O) groups is 2. The molecule has 144 valence electrons. The standard InChI is InChI=1S/C19H18BrN5O3/c1-25(10-16-22-15-5-3-2-4-14(15)18(27)23-16)11-17(26)24-19(28)21-13-8-6-12(20)7-9-13/h2-9H,10-11H2,1H3,(H,22,23,27)(H2,21,24,26,28). The van der Waals surface area contributed by atoms with Gasteiger partial charge in [-0.2, -0.15) is 0 Å². The summed E-state index contributed by atoms with van der Waals surface area (Å²) >= 11 is 3.31. The Hall–Kier alpha value is -3.04. The minimum absolute atomic E-state index is 0.0374. The number of benzene rings is 2. The van der Waals surface area contributed by atoms with Crippen molar-refractivity contribution in [1.82, 2.24) is 20.2 Å². The number of H-pyrrole nitrogens is 1. The average Bonchev–Trinajstić information content (AvgIpc) is 2.63. The van der Waals surface area contributed by atoms with E-state index in [-0.39, 0.29) is 18.6 Å². The third-order valence-electron chi connectivity index (χ3n) is 3.85. The van der Waals surface area contributed by atoms with Crippen LogP contribution in [0, 0.1) is 0 Å². The lowest BCUT2D eigenvalue weighted by Crippen LogP contribution is -2.40. The van der Waals surface area contributed by atoms with Crippen LogP contribution in [0.15, 0.2) is 57.8 Å². The van der Waals surface area contributed by atoms with Gasteiger partial charge in [0.05, 0.1) is 24.0 Å². The van der Waals surface area contributed by atoms with E-state index in [1.807, 2.05) is 0 Å². The lowest BCUT2D eigenvalue weighted by Gasteiger charge is -2.15. The lowest BCUT2D eigenvalue weighted by atomic mass is 10.2. The van der Waals surface area contributed by atoms with E-state index in [2.05, 4.69) is 36.5 Å². The highest BCUT2D eigenvalue weighted by Crippen LogP contribution is 2.13. The molecule has 3 amide bonds. The Kier molecular flexibility index (Phi) is 6.17. The maximum atomic E-state index is 12.1. The number of fused-ring (bicyclic) bond motifs is 1.